The molecule has 0 fully saturated rings. The van der Waals surface area contributed by atoms with Crippen LogP contribution in [0, 0.1) is 0 Å². The Morgan fingerprint density at radius 3 is 2.87 bits per heavy atom. The van der Waals surface area contributed by atoms with Crippen molar-refractivity contribution in [3.8, 4) is 0 Å². The van der Waals surface area contributed by atoms with Crippen molar-refractivity contribution in [3.63, 3.8) is 0 Å². The summed E-state index contributed by atoms with van der Waals surface area (Å²) in [6.45, 7) is 3.74. The first-order valence-corrected chi connectivity index (χ1v) is 8.61. The van der Waals surface area contributed by atoms with Crippen molar-refractivity contribution in [2.45, 2.75) is 32.5 Å². The van der Waals surface area contributed by atoms with Gasteiger partial charge in [-0.05, 0) is 17.7 Å². The van der Waals surface area contributed by atoms with Gasteiger partial charge in [-0.15, -0.1) is 0 Å². The van der Waals surface area contributed by atoms with E-state index in [2.05, 4.69) is 52.2 Å². The maximum Gasteiger partial charge on any atom is 0.226 e. The van der Waals surface area contributed by atoms with E-state index in [0.717, 1.165) is 38.3 Å². The molecule has 23 heavy (non-hydrogen) atoms. The van der Waals surface area contributed by atoms with Gasteiger partial charge in [0.05, 0.1) is 5.69 Å². The monoisotopic (exact) mass is 330 g/mol. The summed E-state index contributed by atoms with van der Waals surface area (Å²) in [5.41, 5.74) is 2.47. The molecule has 0 saturated heterocycles. The SMILES string of the molecule is O=C(CCS)Nc1cc2n(n1)CCCN(Cc1ccccc1)C2. The first-order valence-electron chi connectivity index (χ1n) is 7.98. The summed E-state index contributed by atoms with van der Waals surface area (Å²) in [5, 5.41) is 7.35. The predicted octanol–water partition coefficient (Wildman–Crippen LogP) is 2.55. The van der Waals surface area contributed by atoms with E-state index in [4.69, 9.17) is 0 Å². The third kappa shape index (κ3) is 4.36. The van der Waals surface area contributed by atoms with Crippen LogP contribution in [-0.4, -0.2) is 32.9 Å². The van der Waals surface area contributed by atoms with E-state index in [1.54, 1.807) is 0 Å². The van der Waals surface area contributed by atoms with Crippen LogP contribution in [0.4, 0.5) is 5.82 Å². The third-order valence-corrected chi connectivity index (χ3v) is 4.17. The van der Waals surface area contributed by atoms with E-state index in [9.17, 15) is 4.79 Å². The Morgan fingerprint density at radius 1 is 1.26 bits per heavy atom. The Bertz CT molecular complexity index is 656. The number of nitrogens with one attached hydrogen (secondary N) is 1. The van der Waals surface area contributed by atoms with E-state index in [-0.39, 0.29) is 5.91 Å². The van der Waals surface area contributed by atoms with Crippen LogP contribution in [-0.2, 0) is 24.4 Å². The minimum absolute atomic E-state index is 0.0330. The molecule has 1 aromatic heterocycles. The average molecular weight is 330 g/mol. The number of carbonyl (C=O) groups is 1. The molecule has 2 aromatic rings. The Balaban J connectivity index is 1.67. The van der Waals surface area contributed by atoms with Crippen LogP contribution >= 0.6 is 12.6 Å². The zero-order valence-corrected chi connectivity index (χ0v) is 14.0. The molecule has 1 aromatic carbocycles. The fourth-order valence-electron chi connectivity index (χ4n) is 2.87. The lowest BCUT2D eigenvalue weighted by Crippen LogP contribution is -2.22. The summed E-state index contributed by atoms with van der Waals surface area (Å²) in [7, 11) is 0. The number of anilines is 1. The minimum Gasteiger partial charge on any atom is -0.309 e. The first kappa shape index (κ1) is 16.1. The van der Waals surface area contributed by atoms with Crippen LogP contribution < -0.4 is 5.32 Å². The molecule has 0 unspecified atom stereocenters. The summed E-state index contributed by atoms with van der Waals surface area (Å²) in [4.78, 5) is 14.1. The highest BCUT2D eigenvalue weighted by Crippen LogP contribution is 2.18. The van der Waals surface area contributed by atoms with Crippen LogP contribution in [0.3, 0.4) is 0 Å². The van der Waals surface area contributed by atoms with E-state index in [1.165, 1.54) is 5.56 Å². The van der Waals surface area contributed by atoms with Gasteiger partial charge in [-0.3, -0.25) is 14.4 Å². The molecule has 1 amide bonds. The van der Waals surface area contributed by atoms with Gasteiger partial charge in [-0.25, -0.2) is 0 Å². The maximum absolute atomic E-state index is 11.7. The molecule has 5 nitrogen and oxygen atoms in total. The lowest BCUT2D eigenvalue weighted by atomic mass is 10.2. The largest absolute Gasteiger partial charge is 0.309 e. The number of hydrogen-bond donors (Lipinski definition) is 2. The first-order chi connectivity index (χ1) is 11.2. The fourth-order valence-corrected chi connectivity index (χ4v) is 3.08. The smallest absolute Gasteiger partial charge is 0.226 e. The molecule has 1 aliphatic rings. The van der Waals surface area contributed by atoms with Gasteiger partial charge in [0.1, 0.15) is 0 Å². The highest BCUT2D eigenvalue weighted by Gasteiger charge is 2.17. The van der Waals surface area contributed by atoms with Gasteiger partial charge in [-0.1, -0.05) is 30.3 Å². The summed E-state index contributed by atoms with van der Waals surface area (Å²) in [6.07, 6.45) is 1.47. The summed E-state index contributed by atoms with van der Waals surface area (Å²) in [5.74, 6) is 1.16. The summed E-state index contributed by atoms with van der Waals surface area (Å²) >= 11 is 4.08. The molecule has 0 bridgehead atoms. The molecule has 6 heteroatoms. The van der Waals surface area contributed by atoms with Crippen LogP contribution in [0.1, 0.15) is 24.1 Å². The zero-order chi connectivity index (χ0) is 16.1. The van der Waals surface area contributed by atoms with Gasteiger partial charge in [-0.2, -0.15) is 17.7 Å². The molecular formula is C17H22N4OS. The van der Waals surface area contributed by atoms with Gasteiger partial charge in [0.25, 0.3) is 0 Å². The molecule has 0 aliphatic carbocycles. The minimum atomic E-state index is -0.0330. The van der Waals surface area contributed by atoms with Crippen molar-refractivity contribution in [1.82, 2.24) is 14.7 Å². The van der Waals surface area contributed by atoms with Crippen LogP contribution in [0.15, 0.2) is 36.4 Å². The van der Waals surface area contributed by atoms with E-state index in [0.29, 0.717) is 18.0 Å². The molecule has 122 valence electrons. The lowest BCUT2D eigenvalue weighted by molar-refractivity contribution is -0.115. The fraction of sp³-hybridized carbons (Fsp3) is 0.412. The normalized spacial score (nSPS) is 15.0. The van der Waals surface area contributed by atoms with Gasteiger partial charge in [0.15, 0.2) is 5.82 Å². The summed E-state index contributed by atoms with van der Waals surface area (Å²) in [6, 6.07) is 12.5. The second-order valence-electron chi connectivity index (χ2n) is 5.82. The average Bonchev–Trinajstić information content (AvgIpc) is 2.80. The van der Waals surface area contributed by atoms with Crippen LogP contribution in [0.25, 0.3) is 0 Å². The number of rotatable bonds is 5. The van der Waals surface area contributed by atoms with E-state index >= 15 is 0 Å². The topological polar surface area (TPSA) is 50.2 Å². The van der Waals surface area contributed by atoms with Gasteiger partial charge < -0.3 is 5.32 Å². The van der Waals surface area contributed by atoms with E-state index in [1.807, 2.05) is 16.8 Å². The highest BCUT2D eigenvalue weighted by atomic mass is 32.1. The Morgan fingerprint density at radius 2 is 2.09 bits per heavy atom. The Labute approximate surface area is 142 Å². The molecule has 1 N–H and O–H groups in total. The van der Waals surface area contributed by atoms with Gasteiger partial charge in [0, 0.05) is 38.7 Å². The number of hydrogen-bond acceptors (Lipinski definition) is 4. The number of aryl methyl sites for hydroxylation is 1. The van der Waals surface area contributed by atoms with Crippen molar-refractivity contribution < 1.29 is 4.79 Å². The second kappa shape index (κ2) is 7.66. The van der Waals surface area contributed by atoms with Crippen LogP contribution in [0.5, 0.6) is 0 Å². The highest BCUT2D eigenvalue weighted by molar-refractivity contribution is 7.80. The number of amides is 1. The number of fused-ring (bicyclic) bond motifs is 1. The quantitative estimate of drug-likeness (QED) is 0.829. The lowest BCUT2D eigenvalue weighted by Gasteiger charge is -2.19. The third-order valence-electron chi connectivity index (χ3n) is 3.95. The van der Waals surface area contributed by atoms with Crippen molar-refractivity contribution in [2.24, 2.45) is 0 Å². The number of carbonyl (C=O) groups excluding carboxylic acids is 1. The molecule has 2 heterocycles. The standard InChI is InChI=1S/C17H22N4OS/c22-17(7-10-23)18-16-11-15-13-20(8-4-9-21(15)19-16)12-14-5-2-1-3-6-14/h1-3,5-6,11,23H,4,7-10,12-13H2,(H,18,19,22). The molecule has 0 radical (unpaired) electrons. The van der Waals surface area contributed by atoms with Gasteiger partial charge >= 0.3 is 0 Å². The zero-order valence-electron chi connectivity index (χ0n) is 13.1. The second-order valence-corrected chi connectivity index (χ2v) is 6.26. The molecular weight excluding hydrogens is 308 g/mol. The molecule has 0 spiro atoms. The van der Waals surface area contributed by atoms with Crippen molar-refractivity contribution >= 4 is 24.4 Å². The Hall–Kier alpha value is -1.79. The van der Waals surface area contributed by atoms with Crippen molar-refractivity contribution in [3.05, 3.63) is 47.7 Å². The predicted molar refractivity (Wildman–Crippen MR) is 94.5 cm³/mol. The summed E-state index contributed by atoms with van der Waals surface area (Å²) < 4.78 is 2.02. The number of benzene rings is 1. The number of thiol groups is 1. The molecule has 0 saturated carbocycles. The molecule has 3 rings (SSSR count). The number of aromatic nitrogens is 2. The number of nitrogens with zero attached hydrogens (tertiary/aromatic N) is 3. The molecule has 1 aliphatic heterocycles. The van der Waals surface area contributed by atoms with Crippen molar-refractivity contribution in [1.29, 1.82) is 0 Å². The van der Waals surface area contributed by atoms with Crippen molar-refractivity contribution in [2.75, 3.05) is 17.6 Å². The van der Waals surface area contributed by atoms with Crippen LogP contribution in [0.2, 0.25) is 0 Å². The maximum atomic E-state index is 11.7. The van der Waals surface area contributed by atoms with E-state index < -0.39 is 0 Å². The Kier molecular flexibility index (Phi) is 5.35. The van der Waals surface area contributed by atoms with Gasteiger partial charge in [0.2, 0.25) is 5.91 Å². The molecule has 0 atom stereocenters.